The van der Waals surface area contributed by atoms with E-state index in [1.165, 1.54) is 58.5 Å². The average Bonchev–Trinajstić information content (AvgIpc) is 3.63. The van der Waals surface area contributed by atoms with Gasteiger partial charge in [0.25, 0.3) is 0 Å². The van der Waals surface area contributed by atoms with Crippen molar-refractivity contribution in [1.29, 1.82) is 0 Å². The Kier molecular flexibility index (Phi) is 6.71. The first-order valence-electron chi connectivity index (χ1n) is 15.5. The molecule has 2 heterocycles. The van der Waals surface area contributed by atoms with E-state index in [-0.39, 0.29) is 0 Å². The summed E-state index contributed by atoms with van der Waals surface area (Å²) in [6.07, 6.45) is 0. The Labute approximate surface area is 268 Å². The Bertz CT molecular complexity index is 2310. The van der Waals surface area contributed by atoms with E-state index in [1.807, 2.05) is 0 Å². The van der Waals surface area contributed by atoms with Crippen LogP contribution in [0.5, 0.6) is 0 Å². The van der Waals surface area contributed by atoms with Crippen molar-refractivity contribution >= 4 is 59.8 Å². The summed E-state index contributed by atoms with van der Waals surface area (Å²) in [6.45, 7) is 9.30. The molecule has 0 saturated carbocycles. The predicted molar refractivity (Wildman–Crippen MR) is 190 cm³/mol. The van der Waals surface area contributed by atoms with Gasteiger partial charge in [0, 0.05) is 0 Å². The summed E-state index contributed by atoms with van der Waals surface area (Å²) in [4.78, 5) is 5.43. The topological polar surface area (TPSA) is 17.8 Å². The Morgan fingerprint density at radius 2 is 1.23 bits per heavy atom. The van der Waals surface area contributed by atoms with E-state index in [4.69, 9.17) is 4.98 Å². The summed E-state index contributed by atoms with van der Waals surface area (Å²) in [6, 6.07) is 44.7. The molecule has 0 bridgehead atoms. The number of hydrogen-bond acceptors (Lipinski definition) is 1. The third-order valence-electron chi connectivity index (χ3n) is 8.93. The fourth-order valence-corrected chi connectivity index (χ4v) is 10.6. The predicted octanol–water partition coefficient (Wildman–Crippen LogP) is 11.1. The molecule has 0 atom stereocenters. The molecule has 0 amide bonds. The zero-order chi connectivity index (χ0) is 29.9. The van der Waals surface area contributed by atoms with E-state index in [0.29, 0.717) is 11.8 Å². The molecule has 0 fully saturated rings. The second kappa shape index (κ2) is 10.8. The second-order valence-electron chi connectivity index (χ2n) is 12.4. The molecule has 0 spiro atoms. The van der Waals surface area contributed by atoms with Crippen LogP contribution in [0.25, 0.3) is 67.6 Å². The number of imidazole rings is 1. The summed E-state index contributed by atoms with van der Waals surface area (Å²) >= 11 is -0.627. The van der Waals surface area contributed by atoms with Crippen molar-refractivity contribution in [2.24, 2.45) is 0 Å². The van der Waals surface area contributed by atoms with E-state index < -0.39 is 20.4 Å². The third kappa shape index (κ3) is 4.34. The van der Waals surface area contributed by atoms with Gasteiger partial charge in [-0.25, -0.2) is 0 Å². The summed E-state index contributed by atoms with van der Waals surface area (Å²) in [7, 11) is 0. The van der Waals surface area contributed by atoms with E-state index in [0.717, 1.165) is 16.9 Å². The maximum atomic E-state index is 5.43. The van der Waals surface area contributed by atoms with Crippen molar-refractivity contribution in [3.05, 3.63) is 132 Å². The van der Waals surface area contributed by atoms with Crippen LogP contribution in [0.2, 0.25) is 0 Å². The minimum atomic E-state index is -0.627. The molecule has 3 heteroatoms. The maximum absolute atomic E-state index is 5.43. The van der Waals surface area contributed by atoms with E-state index in [9.17, 15) is 0 Å². The molecule has 44 heavy (non-hydrogen) atoms. The molecule has 8 aromatic rings. The Morgan fingerprint density at radius 1 is 0.568 bits per heavy atom. The van der Waals surface area contributed by atoms with Crippen LogP contribution in [0.1, 0.15) is 50.7 Å². The molecule has 8 rings (SSSR count). The van der Waals surface area contributed by atoms with Crippen LogP contribution in [-0.4, -0.2) is 30.0 Å². The molecule has 0 aliphatic heterocycles. The number of rotatable bonds is 5. The van der Waals surface area contributed by atoms with E-state index >= 15 is 0 Å². The standard InChI is InChI=1S/C41H34N2Te/c1-25(2)34-23-29(27-13-6-5-7-14-27)24-35(26(3)4)38(34)43-37-20-11-10-19-36(37)42-41(43)33-18-12-17-31-32-22-21-28-15-8-9-16-30(28)39(32)44-40(31)33/h5-26H,1-4H3. The Morgan fingerprint density at radius 3 is 2.00 bits per heavy atom. The number of hydrogen-bond donors (Lipinski definition) is 0. The average molecular weight is 682 g/mol. The van der Waals surface area contributed by atoms with Crippen molar-refractivity contribution in [3.63, 3.8) is 0 Å². The number of aromatic nitrogens is 2. The summed E-state index contributed by atoms with van der Waals surface area (Å²) in [5.41, 5.74) is 10.0. The van der Waals surface area contributed by atoms with Gasteiger partial charge in [-0.3, -0.25) is 0 Å². The molecule has 0 radical (unpaired) electrons. The quantitative estimate of drug-likeness (QED) is 0.165. The molecule has 0 saturated heterocycles. The van der Waals surface area contributed by atoms with Crippen molar-refractivity contribution in [2.75, 3.05) is 0 Å². The molecular weight excluding hydrogens is 648 g/mol. The summed E-state index contributed by atoms with van der Waals surface area (Å²) in [5, 5.41) is 5.53. The van der Waals surface area contributed by atoms with Crippen LogP contribution < -0.4 is 0 Å². The fourth-order valence-electron chi connectivity index (χ4n) is 6.75. The van der Waals surface area contributed by atoms with Crippen LogP contribution >= 0.6 is 0 Å². The van der Waals surface area contributed by atoms with Gasteiger partial charge >= 0.3 is 270 Å². The molecule has 0 aliphatic carbocycles. The molecule has 0 N–H and O–H groups in total. The van der Waals surface area contributed by atoms with E-state index in [1.54, 1.807) is 3.40 Å². The number of fused-ring (bicyclic) bond motifs is 6. The molecule has 2 aromatic heterocycles. The Hall–Kier alpha value is -4.16. The molecule has 214 valence electrons. The van der Waals surface area contributed by atoms with Gasteiger partial charge in [0.15, 0.2) is 0 Å². The second-order valence-corrected chi connectivity index (χ2v) is 15.3. The van der Waals surface area contributed by atoms with Crippen LogP contribution in [-0.2, 0) is 0 Å². The summed E-state index contributed by atoms with van der Waals surface area (Å²) in [5.74, 6) is 1.73. The van der Waals surface area contributed by atoms with Gasteiger partial charge in [0.1, 0.15) is 0 Å². The van der Waals surface area contributed by atoms with Gasteiger partial charge in [0.05, 0.1) is 0 Å². The first-order valence-corrected chi connectivity index (χ1v) is 17.9. The number of nitrogens with zero attached hydrogens (tertiary/aromatic N) is 2. The van der Waals surface area contributed by atoms with Gasteiger partial charge < -0.3 is 0 Å². The SMILES string of the molecule is CC(C)c1cc(-c2ccccc2)cc(C(C)C)c1-n1c(-c2cccc3c2[te]c2c4ccccc4ccc32)nc2ccccc21. The Balaban J connectivity index is 1.48. The van der Waals surface area contributed by atoms with Gasteiger partial charge in [-0.15, -0.1) is 0 Å². The first kappa shape index (κ1) is 27.4. The molecular formula is C41H34N2Te. The first-order chi connectivity index (χ1) is 21.5. The molecule has 6 aromatic carbocycles. The van der Waals surface area contributed by atoms with Crippen LogP contribution in [0.3, 0.4) is 0 Å². The van der Waals surface area contributed by atoms with Gasteiger partial charge in [0.2, 0.25) is 0 Å². The molecule has 2 nitrogen and oxygen atoms in total. The monoisotopic (exact) mass is 684 g/mol. The van der Waals surface area contributed by atoms with Crippen LogP contribution in [0, 0.1) is 0 Å². The van der Waals surface area contributed by atoms with Gasteiger partial charge in [-0.1, -0.05) is 0 Å². The molecule has 0 aliphatic rings. The number of para-hydroxylation sites is 2. The van der Waals surface area contributed by atoms with Crippen molar-refractivity contribution in [1.82, 2.24) is 9.55 Å². The van der Waals surface area contributed by atoms with Crippen molar-refractivity contribution in [3.8, 4) is 28.2 Å². The van der Waals surface area contributed by atoms with Gasteiger partial charge in [-0.05, 0) is 0 Å². The fraction of sp³-hybridized carbons (Fsp3) is 0.146. The molecule has 0 unspecified atom stereocenters. The van der Waals surface area contributed by atoms with Crippen molar-refractivity contribution < 1.29 is 0 Å². The third-order valence-corrected chi connectivity index (χ3v) is 12.6. The van der Waals surface area contributed by atoms with Crippen molar-refractivity contribution in [2.45, 2.75) is 39.5 Å². The van der Waals surface area contributed by atoms with Crippen LogP contribution in [0.4, 0.5) is 0 Å². The van der Waals surface area contributed by atoms with Gasteiger partial charge in [-0.2, -0.15) is 0 Å². The minimum absolute atomic E-state index is 0.339. The summed E-state index contributed by atoms with van der Waals surface area (Å²) < 4.78 is 5.55. The number of benzene rings is 6. The van der Waals surface area contributed by atoms with Crippen LogP contribution in [0.15, 0.2) is 121 Å². The zero-order valence-corrected chi connectivity index (χ0v) is 27.8. The zero-order valence-electron chi connectivity index (χ0n) is 25.5. The van der Waals surface area contributed by atoms with E-state index in [2.05, 4.69) is 154 Å². The normalized spacial score (nSPS) is 12.0.